The lowest BCUT2D eigenvalue weighted by molar-refractivity contribution is 0.172. The molecule has 15 heavy (non-hydrogen) atoms. The Morgan fingerprint density at radius 2 is 1.87 bits per heavy atom. The van der Waals surface area contributed by atoms with Gasteiger partial charge in [0.1, 0.15) is 0 Å². The van der Waals surface area contributed by atoms with E-state index in [4.69, 9.17) is 22.3 Å². The minimum atomic E-state index is -0.0902. The third-order valence-electron chi connectivity index (χ3n) is 2.65. The van der Waals surface area contributed by atoms with Crippen LogP contribution in [0.15, 0.2) is 9.98 Å². The lowest BCUT2D eigenvalue weighted by atomic mass is 9.85. The second kappa shape index (κ2) is 5.55. The van der Waals surface area contributed by atoms with Gasteiger partial charge in [0.2, 0.25) is 5.96 Å². The van der Waals surface area contributed by atoms with Crippen molar-refractivity contribution in [3.63, 3.8) is 0 Å². The smallest absolute Gasteiger partial charge is 0.218 e. The SMILES string of the molecule is NC(N)=NC(N)=NC1CCCCC1CO. The number of aliphatic imine (C=N–C) groups is 2. The first kappa shape index (κ1) is 11.8. The first-order valence-electron chi connectivity index (χ1n) is 5.17. The molecule has 0 radical (unpaired) electrons. The molecule has 2 unspecified atom stereocenters. The summed E-state index contributed by atoms with van der Waals surface area (Å²) in [5.74, 6) is 0.194. The Labute approximate surface area is 89.3 Å². The van der Waals surface area contributed by atoms with Crippen molar-refractivity contribution in [1.82, 2.24) is 0 Å². The number of nitrogens with zero attached hydrogens (tertiary/aromatic N) is 2. The molecule has 0 saturated heterocycles. The number of aliphatic hydroxyl groups is 1. The summed E-state index contributed by atoms with van der Waals surface area (Å²) < 4.78 is 0. The molecule has 0 aliphatic heterocycles. The summed E-state index contributed by atoms with van der Waals surface area (Å²) in [5, 5.41) is 9.16. The van der Waals surface area contributed by atoms with Crippen molar-refractivity contribution >= 4 is 11.9 Å². The van der Waals surface area contributed by atoms with Crippen LogP contribution in [0.3, 0.4) is 0 Å². The van der Waals surface area contributed by atoms with E-state index in [9.17, 15) is 0 Å². The molecule has 0 aromatic heterocycles. The van der Waals surface area contributed by atoms with Gasteiger partial charge >= 0.3 is 0 Å². The van der Waals surface area contributed by atoms with Gasteiger partial charge in [-0.1, -0.05) is 12.8 Å². The molecule has 1 fully saturated rings. The van der Waals surface area contributed by atoms with Gasteiger partial charge in [0.25, 0.3) is 0 Å². The van der Waals surface area contributed by atoms with Crippen molar-refractivity contribution in [2.45, 2.75) is 31.7 Å². The molecular formula is C9H19N5O. The van der Waals surface area contributed by atoms with Crippen LogP contribution in [0.1, 0.15) is 25.7 Å². The first-order chi connectivity index (χ1) is 7.13. The van der Waals surface area contributed by atoms with Gasteiger partial charge < -0.3 is 22.3 Å². The Hall–Kier alpha value is -1.30. The average molecular weight is 213 g/mol. The summed E-state index contributed by atoms with van der Waals surface area (Å²) in [6.45, 7) is 0.142. The highest BCUT2D eigenvalue weighted by molar-refractivity contribution is 5.92. The predicted molar refractivity (Wildman–Crippen MR) is 60.3 cm³/mol. The molecule has 2 atom stereocenters. The van der Waals surface area contributed by atoms with Crippen LogP contribution < -0.4 is 17.2 Å². The molecule has 7 N–H and O–H groups in total. The maximum absolute atomic E-state index is 9.16. The van der Waals surface area contributed by atoms with Crippen LogP contribution in [-0.2, 0) is 0 Å². The minimum Gasteiger partial charge on any atom is -0.396 e. The largest absolute Gasteiger partial charge is 0.396 e. The molecule has 86 valence electrons. The van der Waals surface area contributed by atoms with Gasteiger partial charge in [0.05, 0.1) is 6.04 Å². The molecule has 0 amide bonds. The summed E-state index contributed by atoms with van der Waals surface area (Å²) in [6.07, 6.45) is 4.17. The van der Waals surface area contributed by atoms with E-state index < -0.39 is 0 Å². The summed E-state index contributed by atoms with van der Waals surface area (Å²) in [5.41, 5.74) is 15.9. The number of guanidine groups is 2. The second-order valence-electron chi connectivity index (χ2n) is 3.82. The van der Waals surface area contributed by atoms with Crippen molar-refractivity contribution in [2.75, 3.05) is 6.61 Å². The van der Waals surface area contributed by atoms with Crippen LogP contribution in [0.25, 0.3) is 0 Å². The lowest BCUT2D eigenvalue weighted by Crippen LogP contribution is -2.30. The molecule has 0 bridgehead atoms. The molecule has 1 aliphatic rings. The third kappa shape index (κ3) is 3.75. The maximum atomic E-state index is 9.16. The van der Waals surface area contributed by atoms with Crippen molar-refractivity contribution in [2.24, 2.45) is 33.1 Å². The van der Waals surface area contributed by atoms with Crippen LogP contribution in [0.2, 0.25) is 0 Å². The molecule has 0 heterocycles. The normalized spacial score (nSPS) is 27.4. The molecule has 6 nitrogen and oxygen atoms in total. The number of rotatable bonds is 2. The number of nitrogens with two attached hydrogens (primary N) is 3. The molecule has 0 spiro atoms. The van der Waals surface area contributed by atoms with E-state index in [0.717, 1.165) is 25.7 Å². The highest BCUT2D eigenvalue weighted by Crippen LogP contribution is 2.26. The van der Waals surface area contributed by atoms with Crippen LogP contribution in [-0.4, -0.2) is 29.7 Å². The monoisotopic (exact) mass is 213 g/mol. The fourth-order valence-electron chi connectivity index (χ4n) is 1.90. The summed E-state index contributed by atoms with van der Waals surface area (Å²) >= 11 is 0. The maximum Gasteiger partial charge on any atom is 0.218 e. The third-order valence-corrected chi connectivity index (χ3v) is 2.65. The van der Waals surface area contributed by atoms with Crippen molar-refractivity contribution in [3.8, 4) is 0 Å². The van der Waals surface area contributed by atoms with E-state index in [-0.39, 0.29) is 30.5 Å². The van der Waals surface area contributed by atoms with Crippen LogP contribution in [0.4, 0.5) is 0 Å². The van der Waals surface area contributed by atoms with Crippen LogP contribution in [0.5, 0.6) is 0 Å². The van der Waals surface area contributed by atoms with Crippen LogP contribution in [0, 0.1) is 5.92 Å². The van der Waals surface area contributed by atoms with E-state index in [2.05, 4.69) is 9.98 Å². The van der Waals surface area contributed by atoms with E-state index >= 15 is 0 Å². The lowest BCUT2D eigenvalue weighted by Gasteiger charge is -2.26. The summed E-state index contributed by atoms with van der Waals surface area (Å²) in [6, 6.07) is 0.0480. The Kier molecular flexibility index (Phi) is 4.36. The molecule has 1 aliphatic carbocycles. The van der Waals surface area contributed by atoms with Gasteiger partial charge in [-0.25, -0.2) is 4.99 Å². The molecular weight excluding hydrogens is 194 g/mol. The fraction of sp³-hybridized carbons (Fsp3) is 0.778. The minimum absolute atomic E-state index is 0.0480. The van der Waals surface area contributed by atoms with Gasteiger partial charge in [0, 0.05) is 12.5 Å². The summed E-state index contributed by atoms with van der Waals surface area (Å²) in [7, 11) is 0. The van der Waals surface area contributed by atoms with Gasteiger partial charge in [-0.05, 0) is 12.8 Å². The van der Waals surface area contributed by atoms with E-state index in [1.807, 2.05) is 0 Å². The van der Waals surface area contributed by atoms with Gasteiger partial charge in [-0.2, -0.15) is 4.99 Å². The van der Waals surface area contributed by atoms with Gasteiger partial charge in [0.15, 0.2) is 5.96 Å². The zero-order chi connectivity index (χ0) is 11.3. The van der Waals surface area contributed by atoms with Gasteiger partial charge in [-0.15, -0.1) is 0 Å². The number of hydrogen-bond acceptors (Lipinski definition) is 2. The standard InChI is InChI=1S/C9H19N5O/c10-8(11)14-9(12)13-7-4-2-1-3-6(7)5-15/h6-7,15H,1-5H2,(H6,10,11,12,13,14). The van der Waals surface area contributed by atoms with Gasteiger partial charge in [-0.3, -0.25) is 0 Å². The topological polar surface area (TPSA) is 123 Å². The van der Waals surface area contributed by atoms with Crippen molar-refractivity contribution < 1.29 is 5.11 Å². The van der Waals surface area contributed by atoms with Crippen molar-refractivity contribution in [1.29, 1.82) is 0 Å². The Morgan fingerprint density at radius 1 is 1.20 bits per heavy atom. The van der Waals surface area contributed by atoms with Crippen molar-refractivity contribution in [3.05, 3.63) is 0 Å². The first-order valence-corrected chi connectivity index (χ1v) is 5.17. The predicted octanol–water partition coefficient (Wildman–Crippen LogP) is -0.874. The molecule has 6 heteroatoms. The molecule has 1 saturated carbocycles. The number of aliphatic hydroxyl groups excluding tert-OH is 1. The van der Waals surface area contributed by atoms with E-state index in [0.29, 0.717) is 0 Å². The Bertz CT molecular complexity index is 259. The zero-order valence-electron chi connectivity index (χ0n) is 8.76. The quantitative estimate of drug-likeness (QED) is 0.351. The van der Waals surface area contributed by atoms with E-state index in [1.54, 1.807) is 0 Å². The average Bonchev–Trinajstić information content (AvgIpc) is 2.17. The highest BCUT2D eigenvalue weighted by atomic mass is 16.3. The number of hydrogen-bond donors (Lipinski definition) is 4. The van der Waals surface area contributed by atoms with E-state index in [1.165, 1.54) is 0 Å². The Balaban J connectivity index is 2.64. The molecule has 1 rings (SSSR count). The molecule has 0 aromatic carbocycles. The molecule has 0 aromatic rings. The fourth-order valence-corrected chi connectivity index (χ4v) is 1.90. The highest BCUT2D eigenvalue weighted by Gasteiger charge is 2.24. The summed E-state index contributed by atoms with van der Waals surface area (Å²) in [4.78, 5) is 7.87. The Morgan fingerprint density at radius 3 is 2.47 bits per heavy atom. The van der Waals surface area contributed by atoms with Crippen LogP contribution >= 0.6 is 0 Å². The zero-order valence-corrected chi connectivity index (χ0v) is 8.76. The second-order valence-corrected chi connectivity index (χ2v) is 3.82.